The number of nitrogens with zero attached hydrogens (tertiary/aromatic N) is 2. The molecule has 1 aromatic heterocycles. The minimum atomic E-state index is -0.559. The third kappa shape index (κ3) is 5.93. The van der Waals surface area contributed by atoms with E-state index in [-0.39, 0.29) is 35.5 Å². The summed E-state index contributed by atoms with van der Waals surface area (Å²) < 4.78 is 5.41. The van der Waals surface area contributed by atoms with Crippen molar-refractivity contribution in [3.05, 3.63) is 46.5 Å². The first-order chi connectivity index (χ1) is 17.9. The number of aromatic hydroxyl groups is 1. The van der Waals surface area contributed by atoms with Crippen LogP contribution in [-0.4, -0.2) is 52.4 Å². The molecule has 10 nitrogen and oxygen atoms in total. The number of unbranched alkanes of at least 4 members (excludes halogenated alkanes) is 1. The maximum absolute atomic E-state index is 12.7. The molecule has 0 radical (unpaired) electrons. The van der Waals surface area contributed by atoms with Crippen LogP contribution in [0, 0.1) is 0 Å². The highest BCUT2D eigenvalue weighted by Gasteiger charge is 2.42. The van der Waals surface area contributed by atoms with Crippen molar-refractivity contribution in [2.24, 2.45) is 5.10 Å². The smallest absolute Gasteiger partial charge is 0.362 e. The normalized spacial score (nSPS) is 23.1. The molecule has 2 fully saturated rings. The zero-order valence-electron chi connectivity index (χ0n) is 20.7. The summed E-state index contributed by atoms with van der Waals surface area (Å²) in [4.78, 5) is 36.7. The molecule has 4 heterocycles. The van der Waals surface area contributed by atoms with Gasteiger partial charge in [0.25, 0.3) is 0 Å². The minimum Gasteiger partial charge on any atom is -0.508 e. The van der Waals surface area contributed by atoms with E-state index in [4.69, 9.17) is 4.42 Å². The monoisotopic (exact) mass is 525 g/mol. The largest absolute Gasteiger partial charge is 0.508 e. The zero-order valence-corrected chi connectivity index (χ0v) is 21.5. The summed E-state index contributed by atoms with van der Waals surface area (Å²) in [6.07, 6.45) is 6.38. The Morgan fingerprint density at radius 3 is 2.97 bits per heavy atom. The number of phenols is 1. The fourth-order valence-electron chi connectivity index (χ4n) is 4.92. The minimum absolute atomic E-state index is 0.00727. The Bertz CT molecular complexity index is 1320. The first-order valence-electron chi connectivity index (χ1n) is 12.6. The number of benzene rings is 1. The fraction of sp³-hybridized carbons (Fsp3) is 0.462. The van der Waals surface area contributed by atoms with Crippen molar-refractivity contribution >= 4 is 46.1 Å². The third-order valence-corrected chi connectivity index (χ3v) is 8.44. The number of carbonyl (C=O) groups is 2. The van der Waals surface area contributed by atoms with Gasteiger partial charge in [-0.2, -0.15) is 16.9 Å². The standard InChI is InChI=1S/C26H31N5O5S/c1-15-6-7-16(13-31(30-15)20-10-17-8-9-18(32)11-21(17)36-25(20)34)12-27-23(33)5-3-2-4-22-24-19(14-37-22)28-26(35)29-24/h8-11,13,19,22,24,32H,2-7,12,14H2,1H3,(H,27,33)(H2,28,29,35). The molecule has 2 aromatic rings. The van der Waals surface area contributed by atoms with Crippen molar-refractivity contribution in [1.29, 1.82) is 0 Å². The number of amides is 3. The van der Waals surface area contributed by atoms with Crippen molar-refractivity contribution in [1.82, 2.24) is 16.0 Å². The number of phenolic OH excluding ortho intramolecular Hbond substituents is 1. The second-order valence-electron chi connectivity index (χ2n) is 9.75. The van der Waals surface area contributed by atoms with Gasteiger partial charge in [-0.1, -0.05) is 6.42 Å². The fourth-order valence-corrected chi connectivity index (χ4v) is 6.47. The Kier molecular flexibility index (Phi) is 7.40. The maximum atomic E-state index is 12.7. The molecule has 196 valence electrons. The Morgan fingerprint density at radius 2 is 2.11 bits per heavy atom. The van der Waals surface area contributed by atoms with Crippen molar-refractivity contribution in [3.63, 3.8) is 0 Å². The molecule has 4 N–H and O–H groups in total. The van der Waals surface area contributed by atoms with Crippen LogP contribution < -0.4 is 26.6 Å². The van der Waals surface area contributed by atoms with Crippen molar-refractivity contribution < 1.29 is 19.1 Å². The van der Waals surface area contributed by atoms with E-state index in [0.717, 1.165) is 49.1 Å². The van der Waals surface area contributed by atoms with Gasteiger partial charge in [0.05, 0.1) is 12.1 Å². The average molecular weight is 526 g/mol. The molecular formula is C26H31N5O5S. The van der Waals surface area contributed by atoms with E-state index < -0.39 is 5.63 Å². The number of rotatable bonds is 8. The van der Waals surface area contributed by atoms with Gasteiger partial charge in [-0.15, -0.1) is 0 Å². The molecule has 37 heavy (non-hydrogen) atoms. The van der Waals surface area contributed by atoms with Gasteiger partial charge in [0.1, 0.15) is 11.3 Å². The Balaban J connectivity index is 1.15. The number of nitrogens with one attached hydrogen (secondary N) is 3. The van der Waals surface area contributed by atoms with Crippen LogP contribution in [0.3, 0.4) is 0 Å². The Morgan fingerprint density at radius 1 is 1.24 bits per heavy atom. The summed E-state index contributed by atoms with van der Waals surface area (Å²) in [6, 6.07) is 6.65. The van der Waals surface area contributed by atoms with Crippen LogP contribution in [-0.2, 0) is 4.79 Å². The van der Waals surface area contributed by atoms with Crippen LogP contribution >= 0.6 is 11.8 Å². The summed E-state index contributed by atoms with van der Waals surface area (Å²) in [6.45, 7) is 2.28. The molecule has 0 aliphatic carbocycles. The highest BCUT2D eigenvalue weighted by atomic mass is 32.2. The van der Waals surface area contributed by atoms with E-state index in [9.17, 15) is 19.5 Å². The average Bonchev–Trinajstić information content (AvgIpc) is 3.34. The lowest BCUT2D eigenvalue weighted by atomic mass is 10.0. The molecule has 3 aliphatic rings. The lowest BCUT2D eigenvalue weighted by Crippen LogP contribution is -2.36. The summed E-state index contributed by atoms with van der Waals surface area (Å²) >= 11 is 1.89. The number of anilines is 1. The molecule has 3 amide bonds. The molecule has 1 aromatic carbocycles. The number of thioether (sulfide) groups is 1. The van der Waals surface area contributed by atoms with Gasteiger partial charge in [0, 0.05) is 47.3 Å². The van der Waals surface area contributed by atoms with Gasteiger partial charge in [-0.05, 0) is 56.4 Å². The van der Waals surface area contributed by atoms with E-state index in [1.54, 1.807) is 18.3 Å². The van der Waals surface area contributed by atoms with Gasteiger partial charge in [0.2, 0.25) is 5.91 Å². The molecule has 3 aliphatic heterocycles. The second kappa shape index (κ2) is 10.9. The van der Waals surface area contributed by atoms with E-state index >= 15 is 0 Å². The van der Waals surface area contributed by atoms with E-state index in [2.05, 4.69) is 21.1 Å². The number of carbonyl (C=O) groups excluding carboxylic acids is 2. The summed E-state index contributed by atoms with van der Waals surface area (Å²) in [5.74, 6) is 0.956. The molecule has 3 atom stereocenters. The molecule has 2 saturated heterocycles. The quantitative estimate of drug-likeness (QED) is 0.236. The highest BCUT2D eigenvalue weighted by Crippen LogP contribution is 2.33. The van der Waals surface area contributed by atoms with Crippen LogP contribution in [0.1, 0.15) is 45.4 Å². The number of hydrogen-bond acceptors (Lipinski definition) is 8. The Labute approximate surface area is 218 Å². The van der Waals surface area contributed by atoms with Crippen LogP contribution in [0.5, 0.6) is 5.75 Å². The van der Waals surface area contributed by atoms with Crippen molar-refractivity contribution in [2.75, 3.05) is 17.3 Å². The maximum Gasteiger partial charge on any atom is 0.362 e. The van der Waals surface area contributed by atoms with Crippen molar-refractivity contribution in [3.8, 4) is 5.75 Å². The van der Waals surface area contributed by atoms with E-state index in [1.165, 1.54) is 17.1 Å². The van der Waals surface area contributed by atoms with E-state index in [1.807, 2.05) is 18.7 Å². The molecule has 0 saturated carbocycles. The molecule has 11 heteroatoms. The van der Waals surface area contributed by atoms with Gasteiger partial charge >= 0.3 is 11.7 Å². The van der Waals surface area contributed by atoms with Crippen LogP contribution in [0.15, 0.2) is 50.4 Å². The molecule has 0 bridgehead atoms. The first kappa shape index (κ1) is 25.2. The Hall–Kier alpha value is -3.47. The van der Waals surface area contributed by atoms with Gasteiger partial charge < -0.3 is 25.5 Å². The second-order valence-corrected chi connectivity index (χ2v) is 11.0. The lowest BCUT2D eigenvalue weighted by Gasteiger charge is -2.16. The number of urea groups is 1. The van der Waals surface area contributed by atoms with E-state index in [0.29, 0.717) is 29.2 Å². The number of hydrogen-bond donors (Lipinski definition) is 4. The van der Waals surface area contributed by atoms with Gasteiger partial charge in [0.15, 0.2) is 5.69 Å². The van der Waals surface area contributed by atoms with Gasteiger partial charge in [-0.3, -0.25) is 4.79 Å². The summed E-state index contributed by atoms with van der Waals surface area (Å²) in [5, 5.41) is 25.8. The predicted octanol–water partition coefficient (Wildman–Crippen LogP) is 3.20. The summed E-state index contributed by atoms with van der Waals surface area (Å²) in [7, 11) is 0. The molecular weight excluding hydrogens is 494 g/mol. The molecule has 5 rings (SSSR count). The van der Waals surface area contributed by atoms with Crippen molar-refractivity contribution in [2.45, 2.75) is 62.8 Å². The zero-order chi connectivity index (χ0) is 25.9. The van der Waals surface area contributed by atoms with Gasteiger partial charge in [-0.25, -0.2) is 14.6 Å². The lowest BCUT2D eigenvalue weighted by molar-refractivity contribution is -0.121. The highest BCUT2D eigenvalue weighted by molar-refractivity contribution is 8.00. The topological polar surface area (TPSA) is 136 Å². The first-order valence-corrected chi connectivity index (χ1v) is 13.7. The predicted molar refractivity (Wildman–Crippen MR) is 144 cm³/mol. The molecule has 3 unspecified atom stereocenters. The van der Waals surface area contributed by atoms with Crippen LogP contribution in [0.25, 0.3) is 11.0 Å². The van der Waals surface area contributed by atoms with Crippen LogP contribution in [0.2, 0.25) is 0 Å². The van der Waals surface area contributed by atoms with Crippen LogP contribution in [0.4, 0.5) is 10.5 Å². The number of hydrazone groups is 1. The molecule has 0 spiro atoms. The third-order valence-electron chi connectivity index (χ3n) is 6.93. The summed E-state index contributed by atoms with van der Waals surface area (Å²) in [5.41, 5.74) is 1.83. The SMILES string of the molecule is CC1=NN(c2cc3ccc(O)cc3oc2=O)C=C(CNC(=O)CCCCC2SCC3NC(=O)NC32)CC1. The number of fused-ring (bicyclic) bond motifs is 2.